The van der Waals surface area contributed by atoms with Crippen molar-refractivity contribution in [2.24, 2.45) is 17.3 Å². The van der Waals surface area contributed by atoms with Crippen LogP contribution in [0.1, 0.15) is 44.6 Å². The first-order valence-corrected chi connectivity index (χ1v) is 7.32. The molecule has 0 aliphatic heterocycles. The Kier molecular flexibility index (Phi) is 3.12. The summed E-state index contributed by atoms with van der Waals surface area (Å²) in [5.74, 6) is 1.43. The van der Waals surface area contributed by atoms with E-state index in [0.717, 1.165) is 12.8 Å². The Morgan fingerprint density at radius 1 is 1.37 bits per heavy atom. The summed E-state index contributed by atoms with van der Waals surface area (Å²) >= 11 is 0. The fourth-order valence-corrected chi connectivity index (χ4v) is 3.05. The number of benzene rings is 1. The minimum atomic E-state index is 0.0271. The lowest BCUT2D eigenvalue weighted by Gasteiger charge is -2.17. The van der Waals surface area contributed by atoms with Crippen molar-refractivity contribution in [2.75, 3.05) is 6.61 Å². The number of hydrogen-bond acceptors (Lipinski definition) is 2. The van der Waals surface area contributed by atoms with Gasteiger partial charge >= 0.3 is 5.97 Å². The molecule has 2 fully saturated rings. The largest absolute Gasteiger partial charge is 0.465 e. The average Bonchev–Trinajstić information content (AvgIpc) is 3.32. The Labute approximate surface area is 115 Å². The van der Waals surface area contributed by atoms with Crippen LogP contribution in [0.25, 0.3) is 0 Å². The van der Waals surface area contributed by atoms with Crippen LogP contribution in [0.5, 0.6) is 0 Å². The predicted molar refractivity (Wildman–Crippen MR) is 74.8 cm³/mol. The van der Waals surface area contributed by atoms with Crippen LogP contribution in [-0.4, -0.2) is 12.6 Å². The Morgan fingerprint density at radius 2 is 2.05 bits per heavy atom. The minimum Gasteiger partial charge on any atom is -0.465 e. The molecule has 0 radical (unpaired) electrons. The van der Waals surface area contributed by atoms with Crippen molar-refractivity contribution in [3.8, 4) is 0 Å². The summed E-state index contributed by atoms with van der Waals surface area (Å²) in [5.41, 5.74) is 1.59. The molecule has 2 nitrogen and oxygen atoms in total. The Hall–Kier alpha value is -1.31. The number of rotatable bonds is 5. The summed E-state index contributed by atoms with van der Waals surface area (Å²) in [6.07, 6.45) is 3.22. The van der Waals surface area contributed by atoms with Gasteiger partial charge in [0, 0.05) is 5.41 Å². The van der Waals surface area contributed by atoms with Crippen molar-refractivity contribution in [3.05, 3.63) is 35.9 Å². The van der Waals surface area contributed by atoms with E-state index in [2.05, 4.69) is 44.2 Å². The highest BCUT2D eigenvalue weighted by molar-refractivity contribution is 5.74. The Bertz CT molecular complexity index is 463. The van der Waals surface area contributed by atoms with Crippen LogP contribution in [0.2, 0.25) is 0 Å². The van der Waals surface area contributed by atoms with E-state index in [1.165, 1.54) is 12.0 Å². The van der Waals surface area contributed by atoms with Gasteiger partial charge in [-0.2, -0.15) is 0 Å². The molecule has 2 aliphatic carbocycles. The van der Waals surface area contributed by atoms with E-state index in [-0.39, 0.29) is 17.3 Å². The minimum absolute atomic E-state index is 0.0271. The SMILES string of the molecule is C[C@@H](c1ccccc1)C1CC1(C)COC(=O)C1CC1. The molecule has 1 aromatic carbocycles. The first-order chi connectivity index (χ1) is 9.10. The van der Waals surface area contributed by atoms with Crippen molar-refractivity contribution in [3.63, 3.8) is 0 Å². The van der Waals surface area contributed by atoms with Crippen LogP contribution in [0.15, 0.2) is 30.3 Å². The molecule has 3 rings (SSSR count). The Balaban J connectivity index is 1.55. The van der Waals surface area contributed by atoms with Crippen molar-refractivity contribution in [1.82, 2.24) is 0 Å². The second kappa shape index (κ2) is 4.66. The standard InChI is InChI=1S/C17H22O2/c1-12(13-6-4-3-5-7-13)15-10-17(15,2)11-19-16(18)14-8-9-14/h3-7,12,14-15H,8-11H2,1-2H3/t12-,15?,17?/m0/s1. The lowest BCUT2D eigenvalue weighted by molar-refractivity contribution is -0.147. The van der Waals surface area contributed by atoms with Gasteiger partial charge in [0.2, 0.25) is 0 Å². The molecule has 0 spiro atoms. The van der Waals surface area contributed by atoms with Gasteiger partial charge in [-0.3, -0.25) is 4.79 Å². The highest BCUT2D eigenvalue weighted by atomic mass is 16.5. The van der Waals surface area contributed by atoms with E-state index in [9.17, 15) is 4.79 Å². The molecule has 3 atom stereocenters. The van der Waals surface area contributed by atoms with Gasteiger partial charge in [0.25, 0.3) is 0 Å². The molecular formula is C17H22O2. The molecule has 102 valence electrons. The van der Waals surface area contributed by atoms with E-state index >= 15 is 0 Å². The number of carbonyl (C=O) groups excluding carboxylic acids is 1. The number of carbonyl (C=O) groups is 1. The Morgan fingerprint density at radius 3 is 2.68 bits per heavy atom. The van der Waals surface area contributed by atoms with Crippen LogP contribution in [-0.2, 0) is 9.53 Å². The molecule has 0 amide bonds. The topological polar surface area (TPSA) is 26.3 Å². The molecule has 2 saturated carbocycles. The van der Waals surface area contributed by atoms with E-state index < -0.39 is 0 Å². The molecular weight excluding hydrogens is 236 g/mol. The quantitative estimate of drug-likeness (QED) is 0.751. The van der Waals surface area contributed by atoms with Crippen molar-refractivity contribution >= 4 is 5.97 Å². The fourth-order valence-electron chi connectivity index (χ4n) is 3.05. The zero-order valence-corrected chi connectivity index (χ0v) is 11.8. The van der Waals surface area contributed by atoms with Gasteiger partial charge in [-0.05, 0) is 36.7 Å². The summed E-state index contributed by atoms with van der Waals surface area (Å²) < 4.78 is 5.47. The van der Waals surface area contributed by atoms with Crippen LogP contribution in [0.4, 0.5) is 0 Å². The smallest absolute Gasteiger partial charge is 0.308 e. The third-order valence-electron chi connectivity index (χ3n) is 4.81. The maximum Gasteiger partial charge on any atom is 0.308 e. The average molecular weight is 258 g/mol. The molecule has 0 aromatic heterocycles. The van der Waals surface area contributed by atoms with Gasteiger partial charge < -0.3 is 4.74 Å². The van der Waals surface area contributed by atoms with Crippen LogP contribution in [0, 0.1) is 17.3 Å². The highest BCUT2D eigenvalue weighted by Crippen LogP contribution is 2.59. The van der Waals surface area contributed by atoms with Crippen LogP contribution >= 0.6 is 0 Å². The monoisotopic (exact) mass is 258 g/mol. The van der Waals surface area contributed by atoms with Gasteiger partial charge in [0.05, 0.1) is 12.5 Å². The fraction of sp³-hybridized carbons (Fsp3) is 0.588. The normalized spacial score (nSPS) is 30.7. The molecule has 0 N–H and O–H groups in total. The lowest BCUT2D eigenvalue weighted by atomic mass is 9.91. The molecule has 2 heteroatoms. The number of ether oxygens (including phenoxy) is 1. The van der Waals surface area contributed by atoms with Crippen molar-refractivity contribution < 1.29 is 9.53 Å². The van der Waals surface area contributed by atoms with E-state index in [1.807, 2.05) is 0 Å². The van der Waals surface area contributed by atoms with Crippen molar-refractivity contribution in [1.29, 1.82) is 0 Å². The van der Waals surface area contributed by atoms with Gasteiger partial charge in [0.1, 0.15) is 0 Å². The first kappa shape index (κ1) is 12.7. The molecule has 0 bridgehead atoms. The molecule has 1 aromatic rings. The van der Waals surface area contributed by atoms with Crippen LogP contribution < -0.4 is 0 Å². The van der Waals surface area contributed by atoms with E-state index in [4.69, 9.17) is 4.74 Å². The third-order valence-corrected chi connectivity index (χ3v) is 4.81. The molecule has 0 heterocycles. The maximum absolute atomic E-state index is 11.6. The predicted octanol–water partition coefficient (Wildman–Crippen LogP) is 3.77. The van der Waals surface area contributed by atoms with Gasteiger partial charge in [-0.1, -0.05) is 44.2 Å². The molecule has 2 aliphatic rings. The summed E-state index contributed by atoms with van der Waals surface area (Å²) in [7, 11) is 0. The molecule has 0 saturated heterocycles. The van der Waals surface area contributed by atoms with E-state index in [1.54, 1.807) is 0 Å². The number of hydrogen-bond donors (Lipinski definition) is 0. The highest BCUT2D eigenvalue weighted by Gasteiger charge is 2.53. The van der Waals surface area contributed by atoms with Gasteiger partial charge in [-0.25, -0.2) is 0 Å². The van der Waals surface area contributed by atoms with E-state index in [0.29, 0.717) is 18.4 Å². The maximum atomic E-state index is 11.6. The second-order valence-corrected chi connectivity index (χ2v) is 6.55. The molecule has 19 heavy (non-hydrogen) atoms. The molecule has 2 unspecified atom stereocenters. The number of esters is 1. The zero-order valence-electron chi connectivity index (χ0n) is 11.8. The van der Waals surface area contributed by atoms with Crippen LogP contribution in [0.3, 0.4) is 0 Å². The van der Waals surface area contributed by atoms with Gasteiger partial charge in [0.15, 0.2) is 0 Å². The van der Waals surface area contributed by atoms with Gasteiger partial charge in [-0.15, -0.1) is 0 Å². The first-order valence-electron chi connectivity index (χ1n) is 7.32. The summed E-state index contributed by atoms with van der Waals surface area (Å²) in [6.45, 7) is 5.13. The third kappa shape index (κ3) is 2.68. The summed E-state index contributed by atoms with van der Waals surface area (Å²) in [4.78, 5) is 11.6. The zero-order chi connectivity index (χ0) is 13.5. The van der Waals surface area contributed by atoms with Crippen molar-refractivity contribution in [2.45, 2.75) is 39.0 Å². The second-order valence-electron chi connectivity index (χ2n) is 6.55. The summed E-state index contributed by atoms with van der Waals surface area (Å²) in [5, 5.41) is 0. The lowest BCUT2D eigenvalue weighted by Crippen LogP contribution is -2.16. The summed E-state index contributed by atoms with van der Waals surface area (Å²) in [6, 6.07) is 10.6.